The average Bonchev–Trinajstić information content (AvgIpc) is 3.03. The predicted octanol–water partition coefficient (Wildman–Crippen LogP) is 2.64. The zero-order valence-electron chi connectivity index (χ0n) is 11.0. The fourth-order valence-electron chi connectivity index (χ4n) is 1.53. The van der Waals surface area contributed by atoms with Crippen molar-refractivity contribution in [1.29, 1.82) is 0 Å². The van der Waals surface area contributed by atoms with Gasteiger partial charge in [0.1, 0.15) is 0 Å². The van der Waals surface area contributed by atoms with E-state index in [1.54, 1.807) is 32.6 Å². The maximum atomic E-state index is 12.0. The molecule has 1 amide bonds. The first-order chi connectivity index (χ1) is 9.49. The van der Waals surface area contributed by atoms with E-state index in [0.717, 1.165) is 4.88 Å². The summed E-state index contributed by atoms with van der Waals surface area (Å²) in [4.78, 5) is 28.5. The van der Waals surface area contributed by atoms with E-state index in [9.17, 15) is 9.59 Å². The molecule has 2 aromatic rings. The summed E-state index contributed by atoms with van der Waals surface area (Å²) in [5.74, 6) is -0.810. The number of aromatic nitrogens is 1. The zero-order valence-corrected chi connectivity index (χ0v) is 12.5. The Kier molecular flexibility index (Phi) is 4.46. The van der Waals surface area contributed by atoms with Gasteiger partial charge in [-0.05, 0) is 12.1 Å². The van der Waals surface area contributed by atoms with Gasteiger partial charge < -0.3 is 14.6 Å². The van der Waals surface area contributed by atoms with Gasteiger partial charge in [0.25, 0.3) is 5.91 Å². The number of carbonyl (C=O) groups excluding carboxylic acids is 2. The van der Waals surface area contributed by atoms with Crippen LogP contribution in [0.5, 0.6) is 0 Å². The lowest BCUT2D eigenvalue weighted by Gasteiger charge is -2.10. The van der Waals surface area contributed by atoms with Crippen LogP contribution in [0, 0.1) is 0 Å². The Morgan fingerprint density at radius 1 is 1.35 bits per heavy atom. The van der Waals surface area contributed by atoms with Crippen LogP contribution in [0.15, 0.2) is 24.5 Å². The van der Waals surface area contributed by atoms with E-state index >= 15 is 0 Å². The monoisotopic (exact) mass is 312 g/mol. The molecule has 1 N–H and O–H groups in total. The Labute approximate surface area is 125 Å². The normalized spacial score (nSPS) is 10.3. The maximum Gasteiger partial charge on any atom is 0.340 e. The quantitative estimate of drug-likeness (QED) is 0.883. The first-order valence-electron chi connectivity index (χ1n) is 5.79. The lowest BCUT2D eigenvalue weighted by Crippen LogP contribution is -2.27. The predicted molar refractivity (Wildman–Crippen MR) is 78.1 cm³/mol. The minimum absolute atomic E-state index is 0.269. The van der Waals surface area contributed by atoms with Crippen LogP contribution in [0.25, 0.3) is 10.4 Å². The van der Waals surface area contributed by atoms with Crippen LogP contribution in [0.4, 0.5) is 0 Å². The Bertz CT molecular complexity index is 633. The van der Waals surface area contributed by atoms with Crippen molar-refractivity contribution in [1.82, 2.24) is 9.88 Å². The number of aromatic amines is 1. The van der Waals surface area contributed by atoms with E-state index < -0.39 is 5.97 Å². The molecule has 7 heteroatoms. The van der Waals surface area contributed by atoms with E-state index in [0.29, 0.717) is 15.5 Å². The highest BCUT2D eigenvalue weighted by atomic mass is 35.5. The van der Waals surface area contributed by atoms with E-state index in [1.807, 2.05) is 6.07 Å². The van der Waals surface area contributed by atoms with Crippen LogP contribution in [-0.4, -0.2) is 42.5 Å². The number of likely N-dealkylation sites (N-methyl/N-ethyl adjacent to an activating group) is 1. The molecule has 0 saturated carbocycles. The molecule has 0 spiro atoms. The first-order valence-corrected chi connectivity index (χ1v) is 6.98. The van der Waals surface area contributed by atoms with Gasteiger partial charge in [-0.3, -0.25) is 4.79 Å². The number of hydrogen-bond donors (Lipinski definition) is 1. The standard InChI is InChI=1S/C13H13ClN2O3S/c1-16(2)12(17)7-19-13(18)9-6-15-5-8(9)10-3-4-11(14)20-10/h3-6,15H,7H2,1-2H3. The van der Waals surface area contributed by atoms with Gasteiger partial charge in [-0.25, -0.2) is 4.79 Å². The number of carbonyl (C=O) groups is 2. The molecule has 20 heavy (non-hydrogen) atoms. The molecule has 0 aliphatic carbocycles. The molecular weight excluding hydrogens is 300 g/mol. The van der Waals surface area contributed by atoms with Crippen LogP contribution in [0.1, 0.15) is 10.4 Å². The molecule has 0 saturated heterocycles. The summed E-state index contributed by atoms with van der Waals surface area (Å²) in [6.45, 7) is -0.276. The van der Waals surface area contributed by atoms with Gasteiger partial charge in [-0.15, -0.1) is 11.3 Å². The highest BCUT2D eigenvalue weighted by Crippen LogP contribution is 2.33. The number of amides is 1. The SMILES string of the molecule is CN(C)C(=O)COC(=O)c1c[nH]cc1-c1ccc(Cl)s1. The fourth-order valence-corrected chi connectivity index (χ4v) is 2.60. The van der Waals surface area contributed by atoms with Gasteiger partial charge in [0.05, 0.1) is 9.90 Å². The molecule has 0 aromatic carbocycles. The lowest BCUT2D eigenvalue weighted by atomic mass is 10.2. The second kappa shape index (κ2) is 6.11. The molecule has 0 unspecified atom stereocenters. The number of esters is 1. The average molecular weight is 313 g/mol. The van der Waals surface area contributed by atoms with Crippen molar-refractivity contribution in [2.75, 3.05) is 20.7 Å². The van der Waals surface area contributed by atoms with E-state index in [-0.39, 0.29) is 12.5 Å². The topological polar surface area (TPSA) is 62.4 Å². The number of halogens is 1. The summed E-state index contributed by atoms with van der Waals surface area (Å²) in [5.41, 5.74) is 1.10. The second-order valence-corrected chi connectivity index (χ2v) is 5.97. The van der Waals surface area contributed by atoms with E-state index in [1.165, 1.54) is 16.2 Å². The summed E-state index contributed by atoms with van der Waals surface area (Å²) in [6, 6.07) is 3.59. The van der Waals surface area contributed by atoms with Crippen molar-refractivity contribution in [2.45, 2.75) is 0 Å². The lowest BCUT2D eigenvalue weighted by molar-refractivity contribution is -0.131. The largest absolute Gasteiger partial charge is 0.452 e. The number of nitrogens with one attached hydrogen (secondary N) is 1. The molecule has 0 fully saturated rings. The third-order valence-electron chi connectivity index (χ3n) is 2.63. The zero-order chi connectivity index (χ0) is 14.7. The Morgan fingerprint density at radius 2 is 2.10 bits per heavy atom. The Balaban J connectivity index is 2.12. The number of nitrogens with zero attached hydrogens (tertiary/aromatic N) is 1. The summed E-state index contributed by atoms with van der Waals surface area (Å²) < 4.78 is 5.64. The number of H-pyrrole nitrogens is 1. The van der Waals surface area contributed by atoms with Crippen molar-refractivity contribution in [3.8, 4) is 10.4 Å². The fraction of sp³-hybridized carbons (Fsp3) is 0.231. The summed E-state index contributed by atoms with van der Waals surface area (Å²) in [6.07, 6.45) is 3.25. The first kappa shape index (κ1) is 14.6. The molecule has 0 aliphatic rings. The number of ether oxygens (including phenoxy) is 1. The van der Waals surface area contributed by atoms with E-state index in [4.69, 9.17) is 16.3 Å². The highest BCUT2D eigenvalue weighted by molar-refractivity contribution is 7.19. The number of thiophene rings is 1. The molecule has 2 heterocycles. The van der Waals surface area contributed by atoms with Crippen LogP contribution >= 0.6 is 22.9 Å². The third-order valence-corrected chi connectivity index (χ3v) is 3.89. The Morgan fingerprint density at radius 3 is 2.70 bits per heavy atom. The molecule has 5 nitrogen and oxygen atoms in total. The number of rotatable bonds is 4. The van der Waals surface area contributed by atoms with Crippen LogP contribution in [0.2, 0.25) is 4.34 Å². The second-order valence-electron chi connectivity index (χ2n) is 4.25. The highest BCUT2D eigenvalue weighted by Gasteiger charge is 2.18. The van der Waals surface area contributed by atoms with Gasteiger partial charge in [0, 0.05) is 36.9 Å². The summed E-state index contributed by atoms with van der Waals surface area (Å²) in [5, 5.41) is 0. The minimum atomic E-state index is -0.541. The van der Waals surface area contributed by atoms with Gasteiger partial charge >= 0.3 is 5.97 Å². The molecule has 2 aromatic heterocycles. The Hall–Kier alpha value is -1.79. The number of hydrogen-bond acceptors (Lipinski definition) is 4. The molecule has 0 aliphatic heterocycles. The molecule has 0 bridgehead atoms. The smallest absolute Gasteiger partial charge is 0.340 e. The van der Waals surface area contributed by atoms with Crippen LogP contribution in [0.3, 0.4) is 0 Å². The molecule has 0 radical (unpaired) electrons. The van der Waals surface area contributed by atoms with Gasteiger partial charge in [0.15, 0.2) is 6.61 Å². The van der Waals surface area contributed by atoms with Crippen molar-refractivity contribution >= 4 is 34.8 Å². The third kappa shape index (κ3) is 3.20. The molecule has 2 rings (SSSR count). The maximum absolute atomic E-state index is 12.0. The molecule has 106 valence electrons. The van der Waals surface area contributed by atoms with Crippen LogP contribution < -0.4 is 0 Å². The summed E-state index contributed by atoms with van der Waals surface area (Å²) >= 11 is 7.26. The van der Waals surface area contributed by atoms with Crippen molar-refractivity contribution < 1.29 is 14.3 Å². The van der Waals surface area contributed by atoms with Crippen molar-refractivity contribution in [3.05, 3.63) is 34.4 Å². The molecular formula is C13H13ClN2O3S. The van der Waals surface area contributed by atoms with Gasteiger partial charge in [-0.2, -0.15) is 0 Å². The minimum Gasteiger partial charge on any atom is -0.452 e. The van der Waals surface area contributed by atoms with Gasteiger partial charge in [0.2, 0.25) is 0 Å². The van der Waals surface area contributed by atoms with E-state index in [2.05, 4.69) is 4.98 Å². The van der Waals surface area contributed by atoms with Crippen LogP contribution in [-0.2, 0) is 9.53 Å². The molecule has 0 atom stereocenters. The van der Waals surface area contributed by atoms with Gasteiger partial charge in [-0.1, -0.05) is 11.6 Å². The van der Waals surface area contributed by atoms with Crippen molar-refractivity contribution in [3.63, 3.8) is 0 Å². The summed E-state index contributed by atoms with van der Waals surface area (Å²) in [7, 11) is 3.21. The van der Waals surface area contributed by atoms with Crippen molar-refractivity contribution in [2.24, 2.45) is 0 Å².